The number of hydrogen-bond acceptors (Lipinski definition) is 11. The highest BCUT2D eigenvalue weighted by Crippen LogP contribution is 2.13. The van der Waals surface area contributed by atoms with E-state index in [2.05, 4.69) is 43.2 Å². The molecule has 0 aliphatic carbocycles. The van der Waals surface area contributed by atoms with Crippen LogP contribution in [0.1, 0.15) is 19.3 Å². The molecule has 0 aromatic carbocycles. The van der Waals surface area contributed by atoms with E-state index in [0.29, 0.717) is 24.6 Å². The van der Waals surface area contributed by atoms with Crippen molar-refractivity contribution in [2.45, 2.75) is 30.8 Å². The second kappa shape index (κ2) is 19.9. The van der Waals surface area contributed by atoms with Crippen LogP contribution in [0.4, 0.5) is 0 Å². The molecule has 0 saturated heterocycles. The third kappa shape index (κ3) is 16.2. The van der Waals surface area contributed by atoms with E-state index in [1.807, 2.05) is 4.90 Å². The summed E-state index contributed by atoms with van der Waals surface area (Å²) in [7, 11) is 0. The third-order valence-electron chi connectivity index (χ3n) is 4.60. The van der Waals surface area contributed by atoms with Gasteiger partial charge in [0.2, 0.25) is 5.91 Å². The molecule has 0 aromatic heterocycles. The van der Waals surface area contributed by atoms with Crippen LogP contribution in [0, 0.1) is 0 Å². The number of carbonyl (C=O) groups excluding carboxylic acids is 1. The lowest BCUT2D eigenvalue weighted by atomic mass is 10.0. The molecule has 35 heavy (non-hydrogen) atoms. The number of nitrogens with one attached hydrogen (secondary N) is 1. The number of rotatable bonds is 23. The summed E-state index contributed by atoms with van der Waals surface area (Å²) in [6.45, 7) is -0.126. The Hall–Kier alpha value is -1.23. The standard InChI is InChI=1S/C20H36N2O10S3/c23-16(24)1-6-30-12-20(13-31-7-2-17(25)26,14-32-8-3-18(27)28)21-19(29)15(11-35)22(4-9-33)5-10-34/h15,33-35H,1-14H2,(H,21,29)(H,23,24)(H,25,26)(H,27,28). The summed E-state index contributed by atoms with van der Waals surface area (Å²) in [5.41, 5.74) is -1.35. The van der Waals surface area contributed by atoms with Gasteiger partial charge in [-0.1, -0.05) is 0 Å². The Balaban J connectivity index is 5.72. The predicted molar refractivity (Wildman–Crippen MR) is 137 cm³/mol. The SMILES string of the molecule is O=C(O)CCOCC(COCCC(=O)O)(COCCC(=O)O)NC(=O)C(CS)N(CCS)CCS. The van der Waals surface area contributed by atoms with Gasteiger partial charge < -0.3 is 34.8 Å². The monoisotopic (exact) mass is 560 g/mol. The molecule has 0 aliphatic rings. The maximum Gasteiger partial charge on any atom is 0.305 e. The van der Waals surface area contributed by atoms with E-state index in [0.717, 1.165) is 0 Å². The highest BCUT2D eigenvalue weighted by molar-refractivity contribution is 7.80. The smallest absolute Gasteiger partial charge is 0.305 e. The molecule has 0 spiro atoms. The van der Waals surface area contributed by atoms with Gasteiger partial charge in [0.25, 0.3) is 0 Å². The van der Waals surface area contributed by atoms with Gasteiger partial charge in [-0.2, -0.15) is 37.9 Å². The van der Waals surface area contributed by atoms with Crippen molar-refractivity contribution in [3.8, 4) is 0 Å². The first-order chi connectivity index (χ1) is 16.6. The Labute approximate surface area is 221 Å². The fourth-order valence-corrected chi connectivity index (χ4v) is 3.81. The second-order valence-electron chi connectivity index (χ2n) is 7.54. The highest BCUT2D eigenvalue weighted by Gasteiger charge is 2.37. The van der Waals surface area contributed by atoms with Crippen LogP contribution in [0.5, 0.6) is 0 Å². The number of ether oxygens (including phenoxy) is 3. The molecule has 1 amide bonds. The van der Waals surface area contributed by atoms with Crippen LogP contribution in [0.2, 0.25) is 0 Å². The molecule has 0 saturated carbocycles. The van der Waals surface area contributed by atoms with Crippen molar-refractivity contribution in [1.29, 1.82) is 0 Å². The Morgan fingerprint density at radius 1 is 0.743 bits per heavy atom. The molecule has 0 fully saturated rings. The zero-order valence-corrected chi connectivity index (χ0v) is 22.1. The molecule has 1 unspecified atom stereocenters. The molecular formula is C20H36N2O10S3. The van der Waals surface area contributed by atoms with E-state index in [1.165, 1.54) is 0 Å². The number of carbonyl (C=O) groups is 4. The lowest BCUT2D eigenvalue weighted by Gasteiger charge is -2.37. The molecule has 1 atom stereocenters. The van der Waals surface area contributed by atoms with Crippen molar-refractivity contribution < 1.29 is 48.7 Å². The summed E-state index contributed by atoms with van der Waals surface area (Å²) in [4.78, 5) is 47.7. The minimum Gasteiger partial charge on any atom is -0.481 e. The van der Waals surface area contributed by atoms with Crippen LogP contribution in [0.25, 0.3) is 0 Å². The van der Waals surface area contributed by atoms with Crippen molar-refractivity contribution in [3.05, 3.63) is 0 Å². The van der Waals surface area contributed by atoms with Gasteiger partial charge >= 0.3 is 17.9 Å². The average Bonchev–Trinajstić information content (AvgIpc) is 2.77. The molecule has 0 rings (SSSR count). The third-order valence-corrected chi connectivity index (χ3v) is 5.34. The topological polar surface area (TPSA) is 172 Å². The minimum absolute atomic E-state index is 0.154. The van der Waals surface area contributed by atoms with Gasteiger partial charge in [0.1, 0.15) is 5.54 Å². The number of aliphatic carboxylic acids is 3. The summed E-state index contributed by atoms with van der Waals surface area (Å²) in [6.07, 6.45) is -0.831. The van der Waals surface area contributed by atoms with E-state index >= 15 is 0 Å². The van der Waals surface area contributed by atoms with Gasteiger partial charge in [0.05, 0.1) is 64.9 Å². The van der Waals surface area contributed by atoms with Crippen molar-refractivity contribution in [2.75, 3.05) is 70.0 Å². The van der Waals surface area contributed by atoms with Crippen LogP contribution in [-0.2, 0) is 33.4 Å². The van der Waals surface area contributed by atoms with Crippen LogP contribution in [0.15, 0.2) is 0 Å². The van der Waals surface area contributed by atoms with E-state index in [1.54, 1.807) is 0 Å². The Kier molecular flexibility index (Phi) is 19.2. The van der Waals surface area contributed by atoms with Gasteiger partial charge in [-0.15, -0.1) is 0 Å². The number of carboxylic acids is 3. The first kappa shape index (κ1) is 33.8. The van der Waals surface area contributed by atoms with Gasteiger partial charge in [0, 0.05) is 30.3 Å². The molecule has 15 heteroatoms. The van der Waals surface area contributed by atoms with Crippen LogP contribution in [-0.4, -0.2) is 126 Å². The minimum atomic E-state index is -1.35. The fourth-order valence-electron chi connectivity index (χ4n) is 2.90. The molecular weight excluding hydrogens is 524 g/mol. The first-order valence-electron chi connectivity index (χ1n) is 10.9. The van der Waals surface area contributed by atoms with E-state index in [4.69, 9.17) is 29.5 Å². The maximum absolute atomic E-state index is 13.3. The van der Waals surface area contributed by atoms with E-state index < -0.39 is 35.4 Å². The van der Waals surface area contributed by atoms with Gasteiger partial charge in [-0.3, -0.25) is 24.1 Å². The molecule has 0 bridgehead atoms. The van der Waals surface area contributed by atoms with Crippen molar-refractivity contribution in [3.63, 3.8) is 0 Å². The highest BCUT2D eigenvalue weighted by atomic mass is 32.1. The number of hydrogen-bond donors (Lipinski definition) is 7. The average molecular weight is 561 g/mol. The van der Waals surface area contributed by atoms with Crippen LogP contribution < -0.4 is 5.32 Å². The molecule has 0 heterocycles. The normalized spacial score (nSPS) is 12.5. The Bertz CT molecular complexity index is 596. The zero-order chi connectivity index (χ0) is 26.7. The molecule has 0 aliphatic heterocycles. The maximum atomic E-state index is 13.3. The molecule has 204 valence electrons. The summed E-state index contributed by atoms with van der Waals surface area (Å²) in [5, 5.41) is 29.5. The van der Waals surface area contributed by atoms with E-state index in [9.17, 15) is 19.2 Å². The molecule has 12 nitrogen and oxygen atoms in total. The molecule has 0 aromatic rings. The summed E-state index contributed by atoms with van der Waals surface area (Å²) >= 11 is 12.8. The molecule has 0 radical (unpaired) electrons. The molecule has 4 N–H and O–H groups in total. The van der Waals surface area contributed by atoms with Gasteiger partial charge in [-0.25, -0.2) is 0 Å². The van der Waals surface area contributed by atoms with Gasteiger partial charge in [0.15, 0.2) is 0 Å². The van der Waals surface area contributed by atoms with Crippen LogP contribution >= 0.6 is 37.9 Å². The summed E-state index contributed by atoms with van der Waals surface area (Å²) in [5.74, 6) is -2.49. The lowest BCUT2D eigenvalue weighted by molar-refractivity contribution is -0.140. The van der Waals surface area contributed by atoms with Gasteiger partial charge in [-0.05, 0) is 0 Å². The largest absolute Gasteiger partial charge is 0.481 e. The van der Waals surface area contributed by atoms with Crippen molar-refractivity contribution in [1.82, 2.24) is 10.2 Å². The first-order valence-corrected chi connectivity index (χ1v) is 12.8. The Morgan fingerprint density at radius 3 is 1.40 bits per heavy atom. The van der Waals surface area contributed by atoms with Crippen LogP contribution in [0.3, 0.4) is 0 Å². The number of thiol groups is 3. The Morgan fingerprint density at radius 2 is 1.11 bits per heavy atom. The van der Waals surface area contributed by atoms with E-state index in [-0.39, 0.29) is 64.7 Å². The zero-order valence-electron chi connectivity index (χ0n) is 19.5. The number of amides is 1. The van der Waals surface area contributed by atoms with Crippen molar-refractivity contribution in [2.24, 2.45) is 0 Å². The number of nitrogens with zero attached hydrogens (tertiary/aromatic N) is 1. The quantitative estimate of drug-likeness (QED) is 0.0650. The summed E-state index contributed by atoms with van der Waals surface area (Å²) in [6, 6.07) is -0.672. The summed E-state index contributed by atoms with van der Waals surface area (Å²) < 4.78 is 16.5. The van der Waals surface area contributed by atoms with Crippen molar-refractivity contribution >= 4 is 61.7 Å². The second-order valence-corrected chi connectivity index (χ2v) is 8.80. The lowest BCUT2D eigenvalue weighted by Crippen LogP contribution is -2.63. The number of carboxylic acid groups (broad SMARTS) is 3. The fraction of sp³-hybridized carbons (Fsp3) is 0.800. The predicted octanol–water partition coefficient (Wildman–Crippen LogP) is -0.225.